The third-order valence-corrected chi connectivity index (χ3v) is 2.17. The van der Waals surface area contributed by atoms with Crippen LogP contribution in [0.25, 0.3) is 0 Å². The topological polar surface area (TPSA) is 62.6 Å². The van der Waals surface area contributed by atoms with Crippen LogP contribution in [0.4, 0.5) is 0 Å². The first-order valence-electron chi connectivity index (χ1n) is 5.38. The Labute approximate surface area is 100 Å². The highest BCUT2D eigenvalue weighted by Gasteiger charge is 2.06. The van der Waals surface area contributed by atoms with Gasteiger partial charge in [0.05, 0.1) is 33.5 Å². The molecule has 0 aromatic carbocycles. The summed E-state index contributed by atoms with van der Waals surface area (Å²) in [5, 5.41) is 0. The lowest BCUT2D eigenvalue weighted by Gasteiger charge is -2.10. The van der Waals surface area contributed by atoms with Crippen LogP contribution in [0.1, 0.15) is 5.69 Å². The summed E-state index contributed by atoms with van der Waals surface area (Å²) in [6, 6.07) is 1.78. The van der Waals surface area contributed by atoms with Gasteiger partial charge in [0.2, 0.25) is 0 Å². The monoisotopic (exact) mass is 242 g/mol. The van der Waals surface area contributed by atoms with Crippen molar-refractivity contribution in [3.8, 4) is 6.01 Å². The van der Waals surface area contributed by atoms with Crippen molar-refractivity contribution in [3.63, 3.8) is 0 Å². The lowest BCUT2D eigenvalue weighted by molar-refractivity contribution is 0.0652. The van der Waals surface area contributed by atoms with Crippen LogP contribution in [-0.4, -0.2) is 43.6 Å². The molecule has 0 unspecified atom stereocenters. The van der Waals surface area contributed by atoms with Crippen LogP contribution in [0.2, 0.25) is 0 Å². The van der Waals surface area contributed by atoms with Gasteiger partial charge in [-0.05, 0) is 6.92 Å². The van der Waals surface area contributed by atoms with Crippen LogP contribution in [0.15, 0.2) is 10.9 Å². The van der Waals surface area contributed by atoms with Crippen molar-refractivity contribution in [1.82, 2.24) is 9.55 Å². The van der Waals surface area contributed by atoms with E-state index in [0.29, 0.717) is 38.1 Å². The summed E-state index contributed by atoms with van der Waals surface area (Å²) in [6.07, 6.45) is 0. The number of ether oxygens (including phenoxy) is 3. The number of hydrogen-bond donors (Lipinski definition) is 0. The normalized spacial score (nSPS) is 10.5. The van der Waals surface area contributed by atoms with Gasteiger partial charge in [0.1, 0.15) is 0 Å². The summed E-state index contributed by atoms with van der Waals surface area (Å²) in [7, 11) is 3.10. The van der Waals surface area contributed by atoms with E-state index in [0.717, 1.165) is 0 Å². The molecule has 0 aliphatic heterocycles. The SMILES string of the molecule is COCCOCCn1c(OC)nc(C)cc1=O. The minimum atomic E-state index is -0.135. The van der Waals surface area contributed by atoms with Crippen LogP contribution >= 0.6 is 0 Å². The fourth-order valence-electron chi connectivity index (χ4n) is 1.36. The zero-order chi connectivity index (χ0) is 12.7. The molecular weight excluding hydrogens is 224 g/mol. The highest BCUT2D eigenvalue weighted by Crippen LogP contribution is 2.03. The standard InChI is InChI=1S/C11H18N2O4/c1-9-8-10(14)13(11(12-9)16-3)4-5-17-7-6-15-2/h8H,4-7H2,1-3H3. The lowest BCUT2D eigenvalue weighted by Crippen LogP contribution is -2.25. The van der Waals surface area contributed by atoms with Gasteiger partial charge < -0.3 is 14.2 Å². The highest BCUT2D eigenvalue weighted by molar-refractivity contribution is 5.06. The molecule has 0 atom stereocenters. The Morgan fingerprint density at radius 1 is 1.29 bits per heavy atom. The maximum absolute atomic E-state index is 11.7. The van der Waals surface area contributed by atoms with Crippen LogP contribution < -0.4 is 10.3 Å². The average molecular weight is 242 g/mol. The summed E-state index contributed by atoms with van der Waals surface area (Å²) in [6.45, 7) is 3.64. The molecule has 96 valence electrons. The van der Waals surface area contributed by atoms with Gasteiger partial charge in [-0.15, -0.1) is 0 Å². The Hall–Kier alpha value is -1.40. The first-order valence-corrected chi connectivity index (χ1v) is 5.38. The van der Waals surface area contributed by atoms with Crippen LogP contribution in [-0.2, 0) is 16.0 Å². The number of aryl methyl sites for hydroxylation is 1. The van der Waals surface area contributed by atoms with Gasteiger partial charge in [0.25, 0.3) is 11.6 Å². The molecule has 6 nitrogen and oxygen atoms in total. The third kappa shape index (κ3) is 4.16. The summed E-state index contributed by atoms with van der Waals surface area (Å²) >= 11 is 0. The van der Waals surface area contributed by atoms with E-state index in [-0.39, 0.29) is 5.56 Å². The van der Waals surface area contributed by atoms with Gasteiger partial charge in [-0.3, -0.25) is 9.36 Å². The molecule has 0 N–H and O–H groups in total. The van der Waals surface area contributed by atoms with Gasteiger partial charge in [-0.25, -0.2) is 4.98 Å². The predicted molar refractivity (Wildman–Crippen MR) is 62.5 cm³/mol. The summed E-state index contributed by atoms with van der Waals surface area (Å²) < 4.78 is 16.6. The number of rotatable bonds is 7. The second-order valence-corrected chi connectivity index (χ2v) is 3.48. The van der Waals surface area contributed by atoms with Gasteiger partial charge in [0, 0.05) is 18.9 Å². The van der Waals surface area contributed by atoms with E-state index < -0.39 is 0 Å². The van der Waals surface area contributed by atoms with E-state index >= 15 is 0 Å². The van der Waals surface area contributed by atoms with Gasteiger partial charge in [-0.1, -0.05) is 0 Å². The average Bonchev–Trinajstić information content (AvgIpc) is 2.30. The minimum Gasteiger partial charge on any atom is -0.468 e. The first-order chi connectivity index (χ1) is 8.19. The molecule has 0 aliphatic carbocycles. The highest BCUT2D eigenvalue weighted by atomic mass is 16.5. The van der Waals surface area contributed by atoms with E-state index in [2.05, 4.69) is 4.98 Å². The summed E-state index contributed by atoms with van der Waals surface area (Å²) in [5.74, 6) is 0. The number of nitrogens with zero attached hydrogens (tertiary/aromatic N) is 2. The van der Waals surface area contributed by atoms with Crippen molar-refractivity contribution < 1.29 is 14.2 Å². The van der Waals surface area contributed by atoms with Gasteiger partial charge >= 0.3 is 0 Å². The van der Waals surface area contributed by atoms with Crippen molar-refractivity contribution >= 4 is 0 Å². The van der Waals surface area contributed by atoms with Gasteiger partial charge in [0.15, 0.2) is 0 Å². The summed E-state index contributed by atoms with van der Waals surface area (Å²) in [4.78, 5) is 15.8. The van der Waals surface area contributed by atoms with E-state index in [1.165, 1.54) is 17.7 Å². The fourth-order valence-corrected chi connectivity index (χ4v) is 1.36. The molecule has 0 aliphatic rings. The van der Waals surface area contributed by atoms with Crippen LogP contribution in [0, 0.1) is 6.92 Å². The molecule has 0 spiro atoms. The molecule has 6 heteroatoms. The maximum Gasteiger partial charge on any atom is 0.299 e. The molecule has 1 aromatic heterocycles. The Morgan fingerprint density at radius 2 is 2.06 bits per heavy atom. The molecule has 0 saturated carbocycles. The molecule has 0 radical (unpaired) electrons. The predicted octanol–water partition coefficient (Wildman–Crippen LogP) is 0.223. The van der Waals surface area contributed by atoms with E-state index in [4.69, 9.17) is 14.2 Å². The largest absolute Gasteiger partial charge is 0.468 e. The lowest BCUT2D eigenvalue weighted by atomic mass is 10.4. The van der Waals surface area contributed by atoms with Crippen LogP contribution in [0.3, 0.4) is 0 Å². The number of aromatic nitrogens is 2. The van der Waals surface area contributed by atoms with E-state index in [9.17, 15) is 4.79 Å². The Balaban J connectivity index is 2.61. The van der Waals surface area contributed by atoms with E-state index in [1.807, 2.05) is 0 Å². The van der Waals surface area contributed by atoms with Gasteiger partial charge in [-0.2, -0.15) is 0 Å². The third-order valence-electron chi connectivity index (χ3n) is 2.17. The molecule has 1 heterocycles. The van der Waals surface area contributed by atoms with Crippen molar-refractivity contribution in [2.24, 2.45) is 0 Å². The Morgan fingerprint density at radius 3 is 2.71 bits per heavy atom. The summed E-state index contributed by atoms with van der Waals surface area (Å²) in [5.41, 5.74) is 0.507. The molecule has 0 bridgehead atoms. The smallest absolute Gasteiger partial charge is 0.299 e. The molecule has 0 amide bonds. The van der Waals surface area contributed by atoms with E-state index in [1.54, 1.807) is 14.0 Å². The minimum absolute atomic E-state index is 0.135. The Bertz CT molecular complexity index is 403. The molecule has 1 rings (SSSR count). The van der Waals surface area contributed by atoms with Crippen LogP contribution in [0.5, 0.6) is 6.01 Å². The zero-order valence-corrected chi connectivity index (χ0v) is 10.4. The molecule has 0 saturated heterocycles. The number of hydrogen-bond acceptors (Lipinski definition) is 5. The quantitative estimate of drug-likeness (QED) is 0.640. The van der Waals surface area contributed by atoms with Crippen molar-refractivity contribution in [1.29, 1.82) is 0 Å². The molecule has 0 fully saturated rings. The van der Waals surface area contributed by atoms with Crippen molar-refractivity contribution in [3.05, 3.63) is 22.1 Å². The second kappa shape index (κ2) is 7.03. The molecule has 1 aromatic rings. The fraction of sp³-hybridized carbons (Fsp3) is 0.636. The second-order valence-electron chi connectivity index (χ2n) is 3.48. The molecule has 17 heavy (non-hydrogen) atoms. The van der Waals surface area contributed by atoms with Crippen molar-refractivity contribution in [2.45, 2.75) is 13.5 Å². The number of methoxy groups -OCH3 is 2. The first kappa shape index (κ1) is 13.7. The Kier molecular flexibility index (Phi) is 5.65. The van der Waals surface area contributed by atoms with Crippen molar-refractivity contribution in [2.75, 3.05) is 34.0 Å². The molecular formula is C11H18N2O4. The maximum atomic E-state index is 11.7. The zero-order valence-electron chi connectivity index (χ0n) is 10.4.